The molecule has 24 heavy (non-hydrogen) atoms. The van der Waals surface area contributed by atoms with E-state index >= 15 is 0 Å². The van der Waals surface area contributed by atoms with Crippen molar-refractivity contribution in [2.24, 2.45) is 0 Å². The number of ether oxygens (including phenoxy) is 1. The van der Waals surface area contributed by atoms with E-state index in [4.69, 9.17) is 4.74 Å². The number of nitrogens with zero attached hydrogens (tertiary/aromatic N) is 1. The molecule has 0 aromatic heterocycles. The maximum atomic E-state index is 12.4. The zero-order valence-electron chi connectivity index (χ0n) is 13.7. The summed E-state index contributed by atoms with van der Waals surface area (Å²) in [5, 5.41) is 0. The zero-order valence-corrected chi connectivity index (χ0v) is 14.6. The molecule has 1 aliphatic heterocycles. The Bertz CT molecular complexity index is 765. The third-order valence-electron chi connectivity index (χ3n) is 4.04. The Balaban J connectivity index is 1.71. The Kier molecular flexibility index (Phi) is 4.94. The molecule has 6 heteroatoms. The van der Waals surface area contributed by atoms with Gasteiger partial charge in [-0.15, -0.1) is 0 Å². The summed E-state index contributed by atoms with van der Waals surface area (Å²) in [7, 11) is -3.60. The van der Waals surface area contributed by atoms with E-state index in [0.717, 1.165) is 18.8 Å². The summed E-state index contributed by atoms with van der Waals surface area (Å²) >= 11 is 0. The lowest BCUT2D eigenvalue weighted by Gasteiger charge is -2.18. The van der Waals surface area contributed by atoms with Crippen molar-refractivity contribution in [2.45, 2.75) is 24.7 Å². The van der Waals surface area contributed by atoms with Gasteiger partial charge in [-0.1, -0.05) is 0 Å². The van der Waals surface area contributed by atoms with Gasteiger partial charge < -0.3 is 9.64 Å². The molecular formula is C18H22N2O3S. The highest BCUT2D eigenvalue weighted by molar-refractivity contribution is 7.92. The molecule has 1 aliphatic rings. The topological polar surface area (TPSA) is 58.6 Å². The van der Waals surface area contributed by atoms with Gasteiger partial charge in [0.1, 0.15) is 5.75 Å². The number of hydrogen-bond donors (Lipinski definition) is 1. The van der Waals surface area contributed by atoms with E-state index in [2.05, 4.69) is 9.62 Å². The van der Waals surface area contributed by atoms with Crippen molar-refractivity contribution in [2.75, 3.05) is 29.3 Å². The fourth-order valence-electron chi connectivity index (χ4n) is 2.81. The molecule has 5 nitrogen and oxygen atoms in total. The van der Waals surface area contributed by atoms with Crippen LogP contribution in [-0.2, 0) is 10.0 Å². The van der Waals surface area contributed by atoms with Crippen molar-refractivity contribution in [3.8, 4) is 5.75 Å². The Morgan fingerprint density at radius 3 is 2.21 bits per heavy atom. The van der Waals surface area contributed by atoms with Crippen LogP contribution in [0.15, 0.2) is 53.4 Å². The third kappa shape index (κ3) is 3.82. The van der Waals surface area contributed by atoms with E-state index in [1.165, 1.54) is 12.8 Å². The molecule has 0 unspecified atom stereocenters. The van der Waals surface area contributed by atoms with Gasteiger partial charge in [-0.25, -0.2) is 8.42 Å². The second-order valence-electron chi connectivity index (χ2n) is 5.75. The van der Waals surface area contributed by atoms with Gasteiger partial charge in [-0.3, -0.25) is 4.72 Å². The highest BCUT2D eigenvalue weighted by Gasteiger charge is 2.15. The molecule has 0 bridgehead atoms. The fourth-order valence-corrected chi connectivity index (χ4v) is 3.87. The van der Waals surface area contributed by atoms with Crippen LogP contribution in [0.3, 0.4) is 0 Å². The molecule has 128 valence electrons. The zero-order chi connectivity index (χ0) is 17.0. The molecule has 1 saturated heterocycles. The molecule has 0 aliphatic carbocycles. The van der Waals surface area contributed by atoms with E-state index in [9.17, 15) is 8.42 Å². The number of anilines is 2. The summed E-state index contributed by atoms with van der Waals surface area (Å²) in [4.78, 5) is 2.53. The molecular weight excluding hydrogens is 324 g/mol. The lowest BCUT2D eigenvalue weighted by atomic mass is 10.2. The van der Waals surface area contributed by atoms with Gasteiger partial charge >= 0.3 is 0 Å². The normalized spacial score (nSPS) is 14.6. The average Bonchev–Trinajstić information content (AvgIpc) is 3.10. The van der Waals surface area contributed by atoms with Gasteiger partial charge in [-0.2, -0.15) is 0 Å². The molecule has 0 radical (unpaired) electrons. The molecule has 0 saturated carbocycles. The number of nitrogens with one attached hydrogen (secondary N) is 1. The second kappa shape index (κ2) is 7.13. The highest BCUT2D eigenvalue weighted by atomic mass is 32.2. The third-order valence-corrected chi connectivity index (χ3v) is 5.43. The highest BCUT2D eigenvalue weighted by Crippen LogP contribution is 2.24. The lowest BCUT2D eigenvalue weighted by molar-refractivity contribution is 0.340. The summed E-state index contributed by atoms with van der Waals surface area (Å²) in [6, 6.07) is 13.9. The molecule has 1 fully saturated rings. The van der Waals surface area contributed by atoms with Crippen LogP contribution in [-0.4, -0.2) is 28.1 Å². The second-order valence-corrected chi connectivity index (χ2v) is 7.43. The minimum absolute atomic E-state index is 0.217. The quantitative estimate of drug-likeness (QED) is 0.870. The largest absolute Gasteiger partial charge is 0.494 e. The maximum absolute atomic E-state index is 12.4. The molecule has 0 spiro atoms. The van der Waals surface area contributed by atoms with Crippen LogP contribution in [0.25, 0.3) is 0 Å². The molecule has 0 atom stereocenters. The average molecular weight is 346 g/mol. The van der Waals surface area contributed by atoms with Crippen molar-refractivity contribution in [1.82, 2.24) is 0 Å². The van der Waals surface area contributed by atoms with Crippen molar-refractivity contribution in [1.29, 1.82) is 0 Å². The standard InChI is InChI=1S/C18H22N2O3S/c1-2-23-17-9-11-18(12-10-17)24(21,22)19-15-5-7-16(8-6-15)20-13-3-4-14-20/h5-12,19H,2-4,13-14H2,1H3. The maximum Gasteiger partial charge on any atom is 0.261 e. The first-order valence-electron chi connectivity index (χ1n) is 8.19. The van der Waals surface area contributed by atoms with Crippen LogP contribution in [0.5, 0.6) is 5.75 Å². The molecule has 1 N–H and O–H groups in total. The van der Waals surface area contributed by atoms with Gasteiger partial charge in [0.25, 0.3) is 10.0 Å². The van der Waals surface area contributed by atoms with Crippen molar-refractivity contribution in [3.05, 3.63) is 48.5 Å². The van der Waals surface area contributed by atoms with Crippen LogP contribution in [0.2, 0.25) is 0 Å². The minimum atomic E-state index is -3.60. The molecule has 2 aromatic rings. The Labute approximate surface area is 143 Å². The van der Waals surface area contributed by atoms with E-state index in [1.54, 1.807) is 36.4 Å². The van der Waals surface area contributed by atoms with Gasteiger partial charge in [0.15, 0.2) is 0 Å². The lowest BCUT2D eigenvalue weighted by Crippen LogP contribution is -2.17. The van der Waals surface area contributed by atoms with Crippen LogP contribution >= 0.6 is 0 Å². The van der Waals surface area contributed by atoms with Crippen LogP contribution in [0.4, 0.5) is 11.4 Å². The van der Waals surface area contributed by atoms with Gasteiger partial charge in [0.2, 0.25) is 0 Å². The molecule has 0 amide bonds. The summed E-state index contributed by atoms with van der Waals surface area (Å²) < 4.78 is 32.8. The Morgan fingerprint density at radius 1 is 1.00 bits per heavy atom. The van der Waals surface area contributed by atoms with Gasteiger partial charge in [0, 0.05) is 24.5 Å². The van der Waals surface area contributed by atoms with E-state index in [1.807, 2.05) is 19.1 Å². The SMILES string of the molecule is CCOc1ccc(S(=O)(=O)Nc2ccc(N3CCCC3)cc2)cc1. The first-order valence-corrected chi connectivity index (χ1v) is 9.67. The summed E-state index contributed by atoms with van der Waals surface area (Å²) in [6.07, 6.45) is 2.43. The predicted octanol–water partition coefficient (Wildman–Crippen LogP) is 3.49. The minimum Gasteiger partial charge on any atom is -0.494 e. The van der Waals surface area contributed by atoms with E-state index in [-0.39, 0.29) is 4.90 Å². The van der Waals surface area contributed by atoms with Crippen molar-refractivity contribution in [3.63, 3.8) is 0 Å². The number of hydrogen-bond acceptors (Lipinski definition) is 4. The summed E-state index contributed by atoms with van der Waals surface area (Å²) in [5.74, 6) is 0.659. The van der Waals surface area contributed by atoms with E-state index in [0.29, 0.717) is 18.0 Å². The van der Waals surface area contributed by atoms with Crippen molar-refractivity contribution >= 4 is 21.4 Å². The van der Waals surface area contributed by atoms with Gasteiger partial charge in [0.05, 0.1) is 11.5 Å². The van der Waals surface area contributed by atoms with Gasteiger partial charge in [-0.05, 0) is 68.3 Å². The first-order chi connectivity index (χ1) is 11.6. The number of benzene rings is 2. The Hall–Kier alpha value is -2.21. The summed E-state index contributed by atoms with van der Waals surface area (Å²) in [5.41, 5.74) is 1.70. The van der Waals surface area contributed by atoms with Crippen LogP contribution in [0.1, 0.15) is 19.8 Å². The molecule has 2 aromatic carbocycles. The Morgan fingerprint density at radius 2 is 1.62 bits per heavy atom. The molecule has 1 heterocycles. The number of sulfonamides is 1. The number of rotatable bonds is 6. The van der Waals surface area contributed by atoms with Crippen LogP contribution in [0, 0.1) is 0 Å². The molecule has 3 rings (SSSR count). The van der Waals surface area contributed by atoms with E-state index < -0.39 is 10.0 Å². The predicted molar refractivity (Wildman–Crippen MR) is 96.3 cm³/mol. The van der Waals surface area contributed by atoms with Crippen LogP contribution < -0.4 is 14.4 Å². The monoisotopic (exact) mass is 346 g/mol. The fraction of sp³-hybridized carbons (Fsp3) is 0.333. The first kappa shape index (κ1) is 16.6. The smallest absolute Gasteiger partial charge is 0.261 e. The van der Waals surface area contributed by atoms with Crippen molar-refractivity contribution < 1.29 is 13.2 Å². The summed E-state index contributed by atoms with van der Waals surface area (Å²) in [6.45, 7) is 4.57.